The third kappa shape index (κ3) is 2.39. The maximum absolute atomic E-state index is 13.2. The van der Waals surface area contributed by atoms with Gasteiger partial charge in [0.05, 0.1) is 0 Å². The quantitative estimate of drug-likeness (QED) is 0.743. The van der Waals surface area contributed by atoms with Gasteiger partial charge in [-0.05, 0) is 25.0 Å². The van der Waals surface area contributed by atoms with Crippen molar-refractivity contribution in [3.63, 3.8) is 0 Å². The second-order valence-corrected chi connectivity index (χ2v) is 3.41. The summed E-state index contributed by atoms with van der Waals surface area (Å²) in [6.45, 7) is 0. The number of aryl methyl sites for hydroxylation is 2. The molecule has 0 atom stereocenters. The second-order valence-electron chi connectivity index (χ2n) is 3.41. The zero-order valence-electron chi connectivity index (χ0n) is 8.53. The molecule has 0 aliphatic rings. The fourth-order valence-electron chi connectivity index (χ4n) is 1.48. The molecule has 0 aliphatic heterocycles. The number of hydrogen-bond donors (Lipinski definition) is 0. The molecule has 0 saturated carbocycles. The van der Waals surface area contributed by atoms with Gasteiger partial charge in [-0.15, -0.1) is 0 Å². The SMILES string of the molecule is Fc1ncccc1CCc1cccnc1F. The molecule has 0 unspecified atom stereocenters. The molecule has 0 N–H and O–H groups in total. The Balaban J connectivity index is 2.09. The Hall–Kier alpha value is -1.84. The van der Waals surface area contributed by atoms with Crippen molar-refractivity contribution >= 4 is 0 Å². The molecule has 4 heteroatoms. The highest BCUT2D eigenvalue weighted by Crippen LogP contribution is 2.10. The standard InChI is InChI=1S/C12H10F2N2/c13-11-9(3-1-7-15-11)5-6-10-4-2-8-16-12(10)14/h1-4,7-8H,5-6H2. The van der Waals surface area contributed by atoms with E-state index in [0.717, 1.165) is 0 Å². The summed E-state index contributed by atoms with van der Waals surface area (Å²) in [6, 6.07) is 6.63. The van der Waals surface area contributed by atoms with E-state index in [4.69, 9.17) is 0 Å². The number of hydrogen-bond acceptors (Lipinski definition) is 2. The highest BCUT2D eigenvalue weighted by Gasteiger charge is 2.05. The smallest absolute Gasteiger partial charge is 0.216 e. The van der Waals surface area contributed by atoms with Crippen molar-refractivity contribution in [1.82, 2.24) is 9.97 Å². The van der Waals surface area contributed by atoms with Crippen molar-refractivity contribution in [2.24, 2.45) is 0 Å². The Kier molecular flexibility index (Phi) is 3.19. The summed E-state index contributed by atoms with van der Waals surface area (Å²) in [7, 11) is 0. The summed E-state index contributed by atoms with van der Waals surface area (Å²) in [5.41, 5.74) is 0.983. The number of pyridine rings is 2. The molecule has 0 fully saturated rings. The lowest BCUT2D eigenvalue weighted by atomic mass is 10.1. The van der Waals surface area contributed by atoms with Gasteiger partial charge in [0, 0.05) is 23.5 Å². The van der Waals surface area contributed by atoms with Gasteiger partial charge < -0.3 is 0 Å². The number of halogens is 2. The molecule has 0 aromatic carbocycles. The summed E-state index contributed by atoms with van der Waals surface area (Å²) >= 11 is 0. The van der Waals surface area contributed by atoms with E-state index in [1.807, 2.05) is 0 Å². The minimum Gasteiger partial charge on any atom is -0.228 e. The van der Waals surface area contributed by atoms with E-state index in [9.17, 15) is 8.78 Å². The molecular formula is C12H10F2N2. The molecule has 0 saturated heterocycles. The molecule has 82 valence electrons. The summed E-state index contributed by atoms with van der Waals surface area (Å²) in [5, 5.41) is 0. The summed E-state index contributed by atoms with van der Waals surface area (Å²) < 4.78 is 26.3. The lowest BCUT2D eigenvalue weighted by Crippen LogP contribution is -1.99. The minimum absolute atomic E-state index is 0.419. The highest BCUT2D eigenvalue weighted by molar-refractivity contribution is 5.16. The van der Waals surface area contributed by atoms with Crippen LogP contribution in [0.4, 0.5) is 8.78 Å². The van der Waals surface area contributed by atoms with E-state index >= 15 is 0 Å². The van der Waals surface area contributed by atoms with Gasteiger partial charge in [0.1, 0.15) is 0 Å². The van der Waals surface area contributed by atoms with Gasteiger partial charge in [0.25, 0.3) is 0 Å². The van der Waals surface area contributed by atoms with E-state index in [-0.39, 0.29) is 0 Å². The van der Waals surface area contributed by atoms with Crippen molar-refractivity contribution in [3.8, 4) is 0 Å². The second kappa shape index (κ2) is 4.79. The highest BCUT2D eigenvalue weighted by atomic mass is 19.1. The Morgan fingerprint density at radius 3 is 1.62 bits per heavy atom. The van der Waals surface area contributed by atoms with Gasteiger partial charge in [-0.3, -0.25) is 0 Å². The van der Waals surface area contributed by atoms with Crippen molar-refractivity contribution in [2.45, 2.75) is 12.8 Å². The first kappa shape index (κ1) is 10.7. The van der Waals surface area contributed by atoms with Crippen LogP contribution < -0.4 is 0 Å². The van der Waals surface area contributed by atoms with Crippen LogP contribution in [0.2, 0.25) is 0 Å². The Labute approximate surface area is 92.0 Å². The Morgan fingerprint density at radius 2 is 1.25 bits per heavy atom. The van der Waals surface area contributed by atoms with Crippen LogP contribution >= 0.6 is 0 Å². The summed E-state index contributed by atoms with van der Waals surface area (Å²) in [6.07, 6.45) is 3.62. The van der Waals surface area contributed by atoms with Crippen molar-refractivity contribution < 1.29 is 8.78 Å². The van der Waals surface area contributed by atoms with Gasteiger partial charge in [0.15, 0.2) is 0 Å². The largest absolute Gasteiger partial charge is 0.228 e. The maximum atomic E-state index is 13.2. The monoisotopic (exact) mass is 220 g/mol. The van der Waals surface area contributed by atoms with Crippen LogP contribution in [0.3, 0.4) is 0 Å². The first-order chi connectivity index (χ1) is 7.77. The molecule has 0 spiro atoms. The molecule has 2 aromatic rings. The number of aromatic nitrogens is 2. The Bertz CT molecular complexity index is 440. The molecule has 0 bridgehead atoms. The van der Waals surface area contributed by atoms with Gasteiger partial charge in [0.2, 0.25) is 11.9 Å². The van der Waals surface area contributed by atoms with Crippen molar-refractivity contribution in [1.29, 1.82) is 0 Å². The molecule has 0 amide bonds. The lowest BCUT2D eigenvalue weighted by Gasteiger charge is -2.03. The zero-order chi connectivity index (χ0) is 11.4. The van der Waals surface area contributed by atoms with Crippen LogP contribution in [0.1, 0.15) is 11.1 Å². The van der Waals surface area contributed by atoms with E-state index in [0.29, 0.717) is 24.0 Å². The van der Waals surface area contributed by atoms with Gasteiger partial charge >= 0.3 is 0 Å². The third-order valence-electron chi connectivity index (χ3n) is 2.34. The van der Waals surface area contributed by atoms with E-state index in [1.165, 1.54) is 12.4 Å². The van der Waals surface area contributed by atoms with Gasteiger partial charge in [-0.1, -0.05) is 12.1 Å². The minimum atomic E-state index is -0.494. The van der Waals surface area contributed by atoms with Gasteiger partial charge in [-0.25, -0.2) is 9.97 Å². The van der Waals surface area contributed by atoms with Crippen LogP contribution in [-0.2, 0) is 12.8 Å². The maximum Gasteiger partial charge on any atom is 0.216 e. The first-order valence-electron chi connectivity index (χ1n) is 4.96. The summed E-state index contributed by atoms with van der Waals surface area (Å²) in [5.74, 6) is -0.987. The number of rotatable bonds is 3. The van der Waals surface area contributed by atoms with E-state index in [2.05, 4.69) is 9.97 Å². The molecule has 0 aliphatic carbocycles. The van der Waals surface area contributed by atoms with Crippen LogP contribution in [0.5, 0.6) is 0 Å². The molecule has 16 heavy (non-hydrogen) atoms. The van der Waals surface area contributed by atoms with Gasteiger partial charge in [-0.2, -0.15) is 8.78 Å². The molecule has 2 nitrogen and oxygen atoms in total. The van der Waals surface area contributed by atoms with Crippen molar-refractivity contribution in [2.75, 3.05) is 0 Å². The third-order valence-corrected chi connectivity index (χ3v) is 2.34. The Morgan fingerprint density at radius 1 is 0.812 bits per heavy atom. The average molecular weight is 220 g/mol. The molecule has 2 aromatic heterocycles. The van der Waals surface area contributed by atoms with E-state index < -0.39 is 11.9 Å². The summed E-state index contributed by atoms with van der Waals surface area (Å²) in [4.78, 5) is 7.08. The van der Waals surface area contributed by atoms with Crippen molar-refractivity contribution in [3.05, 3.63) is 59.7 Å². The zero-order valence-corrected chi connectivity index (χ0v) is 8.53. The van der Waals surface area contributed by atoms with Crippen LogP contribution in [0.15, 0.2) is 36.7 Å². The predicted octanol–water partition coefficient (Wildman–Crippen LogP) is 2.54. The fourth-order valence-corrected chi connectivity index (χ4v) is 1.48. The predicted molar refractivity (Wildman–Crippen MR) is 55.8 cm³/mol. The van der Waals surface area contributed by atoms with Crippen LogP contribution in [0.25, 0.3) is 0 Å². The molecular weight excluding hydrogens is 210 g/mol. The fraction of sp³-hybridized carbons (Fsp3) is 0.167. The lowest BCUT2D eigenvalue weighted by molar-refractivity contribution is 0.553. The number of nitrogens with zero attached hydrogens (tertiary/aromatic N) is 2. The first-order valence-corrected chi connectivity index (χ1v) is 4.96. The van der Waals surface area contributed by atoms with Crippen LogP contribution in [0, 0.1) is 11.9 Å². The molecule has 0 radical (unpaired) electrons. The normalized spacial score (nSPS) is 10.4. The van der Waals surface area contributed by atoms with E-state index in [1.54, 1.807) is 24.3 Å². The average Bonchev–Trinajstić information content (AvgIpc) is 2.30. The topological polar surface area (TPSA) is 25.8 Å². The molecule has 2 heterocycles. The molecule has 2 rings (SSSR count). The van der Waals surface area contributed by atoms with Crippen LogP contribution in [-0.4, -0.2) is 9.97 Å².